The number of hydrogen-bond donors (Lipinski definition) is 1. The summed E-state index contributed by atoms with van der Waals surface area (Å²) >= 11 is 0. The second-order valence-corrected chi connectivity index (χ2v) is 8.89. The largest absolute Gasteiger partial charge is 0.416 e. The molecule has 2 aromatic carbocycles. The van der Waals surface area contributed by atoms with E-state index in [1.165, 1.54) is 29.2 Å². The molecule has 2 atom stereocenters. The number of halogens is 4. The molecule has 0 aliphatic carbocycles. The lowest BCUT2D eigenvalue weighted by Crippen LogP contribution is -2.45. The van der Waals surface area contributed by atoms with Crippen LogP contribution in [0.1, 0.15) is 29.2 Å². The molecule has 0 bridgehead atoms. The average Bonchev–Trinajstić information content (AvgIpc) is 3.21. The van der Waals surface area contributed by atoms with Crippen LogP contribution in [0.3, 0.4) is 0 Å². The third kappa shape index (κ3) is 5.82. The van der Waals surface area contributed by atoms with E-state index < -0.39 is 23.5 Å². The second kappa shape index (κ2) is 10.3. The predicted molar refractivity (Wildman–Crippen MR) is 121 cm³/mol. The van der Waals surface area contributed by atoms with Gasteiger partial charge in [-0.3, -0.25) is 14.5 Å². The monoisotopic (exact) mass is 493 g/mol. The van der Waals surface area contributed by atoms with Gasteiger partial charge in [-0.15, -0.1) is 0 Å². The van der Waals surface area contributed by atoms with Crippen LogP contribution in [0.4, 0.5) is 23.2 Å². The molecule has 2 heterocycles. The number of rotatable bonds is 6. The summed E-state index contributed by atoms with van der Waals surface area (Å²) in [6, 6.07) is 9.15. The van der Waals surface area contributed by atoms with Gasteiger partial charge in [0.15, 0.2) is 0 Å². The molecule has 2 saturated heterocycles. The van der Waals surface area contributed by atoms with Crippen molar-refractivity contribution in [1.29, 1.82) is 0 Å². The first-order valence-corrected chi connectivity index (χ1v) is 11.5. The van der Waals surface area contributed by atoms with Crippen molar-refractivity contribution in [3.63, 3.8) is 0 Å². The minimum absolute atomic E-state index is 0.0400. The van der Waals surface area contributed by atoms with Crippen LogP contribution in [-0.4, -0.2) is 56.1 Å². The van der Waals surface area contributed by atoms with Crippen molar-refractivity contribution < 1.29 is 31.9 Å². The van der Waals surface area contributed by atoms with Gasteiger partial charge >= 0.3 is 6.18 Å². The Kier molecular flexibility index (Phi) is 7.42. The molecule has 2 amide bonds. The Balaban J connectivity index is 1.44. The minimum atomic E-state index is -4.43. The summed E-state index contributed by atoms with van der Waals surface area (Å²) in [5.74, 6) is -1.85. The molecule has 0 aromatic heterocycles. The van der Waals surface area contributed by atoms with E-state index in [0.29, 0.717) is 31.9 Å². The lowest BCUT2D eigenvalue weighted by molar-refractivity contribution is -0.137. The molecular weight excluding hydrogens is 466 g/mol. The van der Waals surface area contributed by atoms with Crippen LogP contribution in [0.2, 0.25) is 0 Å². The van der Waals surface area contributed by atoms with E-state index in [0.717, 1.165) is 17.7 Å². The molecule has 2 aliphatic heterocycles. The van der Waals surface area contributed by atoms with Gasteiger partial charge in [0.25, 0.3) is 0 Å². The van der Waals surface area contributed by atoms with Gasteiger partial charge in [0.1, 0.15) is 5.82 Å². The van der Waals surface area contributed by atoms with Gasteiger partial charge in [-0.05, 0) is 42.3 Å². The summed E-state index contributed by atoms with van der Waals surface area (Å²) in [6.45, 7) is 4.09. The number of morpholine rings is 1. The average molecular weight is 494 g/mol. The minimum Gasteiger partial charge on any atom is -0.379 e. The highest BCUT2D eigenvalue weighted by Crippen LogP contribution is 2.31. The molecule has 2 aliphatic rings. The number of anilines is 1. The summed E-state index contributed by atoms with van der Waals surface area (Å²) in [7, 11) is 0. The van der Waals surface area contributed by atoms with E-state index >= 15 is 0 Å². The maximum atomic E-state index is 14.4. The SMILES string of the molecule is Cc1ccc(N2CC(C(=O)NCC(c3ccc(C(F)(F)F)cc3)N3CCOCC3)CC2=O)c(F)c1. The lowest BCUT2D eigenvalue weighted by Gasteiger charge is -2.35. The lowest BCUT2D eigenvalue weighted by atomic mass is 10.0. The molecule has 35 heavy (non-hydrogen) atoms. The van der Waals surface area contributed by atoms with Crippen LogP contribution in [0, 0.1) is 18.7 Å². The van der Waals surface area contributed by atoms with Crippen LogP contribution >= 0.6 is 0 Å². The van der Waals surface area contributed by atoms with Crippen molar-refractivity contribution in [2.24, 2.45) is 5.92 Å². The molecule has 0 saturated carbocycles. The smallest absolute Gasteiger partial charge is 0.379 e. The molecule has 2 aromatic rings. The van der Waals surface area contributed by atoms with Crippen LogP contribution in [-0.2, 0) is 20.5 Å². The van der Waals surface area contributed by atoms with E-state index in [4.69, 9.17) is 4.74 Å². The number of amides is 2. The topological polar surface area (TPSA) is 61.9 Å². The molecule has 6 nitrogen and oxygen atoms in total. The number of benzene rings is 2. The third-order valence-corrected chi connectivity index (χ3v) is 6.47. The van der Waals surface area contributed by atoms with E-state index in [9.17, 15) is 27.2 Å². The van der Waals surface area contributed by atoms with Gasteiger partial charge < -0.3 is 15.0 Å². The van der Waals surface area contributed by atoms with Gasteiger partial charge in [0.2, 0.25) is 11.8 Å². The Morgan fingerprint density at radius 3 is 2.46 bits per heavy atom. The van der Waals surface area contributed by atoms with Crippen molar-refractivity contribution in [1.82, 2.24) is 10.2 Å². The van der Waals surface area contributed by atoms with Crippen LogP contribution in [0.15, 0.2) is 42.5 Å². The van der Waals surface area contributed by atoms with Crippen molar-refractivity contribution >= 4 is 17.5 Å². The first-order chi connectivity index (χ1) is 16.6. The molecule has 2 unspecified atom stereocenters. The third-order valence-electron chi connectivity index (χ3n) is 6.47. The first-order valence-electron chi connectivity index (χ1n) is 11.5. The van der Waals surface area contributed by atoms with Crippen molar-refractivity contribution in [2.75, 3.05) is 44.3 Å². The quantitative estimate of drug-likeness (QED) is 0.624. The van der Waals surface area contributed by atoms with Crippen molar-refractivity contribution in [3.8, 4) is 0 Å². The summed E-state index contributed by atoms with van der Waals surface area (Å²) in [6.07, 6.45) is -4.47. The van der Waals surface area contributed by atoms with E-state index in [-0.39, 0.29) is 43.1 Å². The number of aryl methyl sites for hydroxylation is 1. The van der Waals surface area contributed by atoms with Crippen LogP contribution in [0.25, 0.3) is 0 Å². The maximum Gasteiger partial charge on any atom is 0.416 e. The fourth-order valence-electron chi connectivity index (χ4n) is 4.53. The Morgan fingerprint density at radius 2 is 1.83 bits per heavy atom. The molecular formula is C25H27F4N3O3. The summed E-state index contributed by atoms with van der Waals surface area (Å²) in [5.41, 5.74) is 0.779. The Morgan fingerprint density at radius 1 is 1.14 bits per heavy atom. The standard InChI is InChI=1S/C25H27F4N3O3/c1-16-2-7-21(20(26)12-16)32-15-18(13-23(32)33)24(34)30-14-22(31-8-10-35-11-9-31)17-3-5-19(6-4-17)25(27,28)29/h2-7,12,18,22H,8-11,13-15H2,1H3,(H,30,34). The summed E-state index contributed by atoms with van der Waals surface area (Å²) in [5, 5.41) is 2.87. The van der Waals surface area contributed by atoms with E-state index in [1.807, 2.05) is 0 Å². The Hall–Kier alpha value is -2.98. The number of nitrogens with one attached hydrogen (secondary N) is 1. The molecule has 1 N–H and O–H groups in total. The van der Waals surface area contributed by atoms with Crippen LogP contribution < -0.4 is 10.2 Å². The number of carbonyl (C=O) groups excluding carboxylic acids is 2. The number of ether oxygens (including phenoxy) is 1. The Bertz CT molecular complexity index is 1070. The zero-order valence-corrected chi connectivity index (χ0v) is 19.3. The van der Waals surface area contributed by atoms with Gasteiger partial charge in [-0.2, -0.15) is 13.2 Å². The summed E-state index contributed by atoms with van der Waals surface area (Å²) < 4.78 is 58.7. The fraction of sp³-hybridized carbons (Fsp3) is 0.440. The van der Waals surface area contributed by atoms with Crippen molar-refractivity contribution in [3.05, 3.63) is 65.0 Å². The number of hydrogen-bond acceptors (Lipinski definition) is 4. The molecule has 0 spiro atoms. The maximum absolute atomic E-state index is 14.4. The molecule has 10 heteroatoms. The van der Waals surface area contributed by atoms with Crippen molar-refractivity contribution in [2.45, 2.75) is 25.6 Å². The zero-order valence-electron chi connectivity index (χ0n) is 19.3. The van der Waals surface area contributed by atoms with E-state index in [1.54, 1.807) is 13.0 Å². The fourth-order valence-corrected chi connectivity index (χ4v) is 4.53. The second-order valence-electron chi connectivity index (χ2n) is 8.89. The summed E-state index contributed by atoms with van der Waals surface area (Å²) in [4.78, 5) is 28.8. The van der Waals surface area contributed by atoms with E-state index in [2.05, 4.69) is 10.2 Å². The van der Waals surface area contributed by atoms with Gasteiger partial charge in [-0.25, -0.2) is 4.39 Å². The van der Waals surface area contributed by atoms with Crippen LogP contribution in [0.5, 0.6) is 0 Å². The molecule has 4 rings (SSSR count). The molecule has 0 radical (unpaired) electrons. The zero-order chi connectivity index (χ0) is 25.2. The van der Waals surface area contributed by atoms with Gasteiger partial charge in [0.05, 0.1) is 36.4 Å². The molecule has 188 valence electrons. The number of alkyl halides is 3. The highest BCUT2D eigenvalue weighted by Gasteiger charge is 2.37. The number of nitrogens with zero attached hydrogens (tertiary/aromatic N) is 2. The van der Waals surface area contributed by atoms with Gasteiger partial charge in [-0.1, -0.05) is 18.2 Å². The normalized spacial score (nSPS) is 20.2. The highest BCUT2D eigenvalue weighted by atomic mass is 19.4. The highest BCUT2D eigenvalue weighted by molar-refractivity contribution is 6.00. The first kappa shape index (κ1) is 25.1. The van der Waals surface area contributed by atoms with Gasteiger partial charge in [0, 0.05) is 32.6 Å². The molecule has 2 fully saturated rings. The Labute approximate surface area is 200 Å². The number of carbonyl (C=O) groups is 2. The predicted octanol–water partition coefficient (Wildman–Crippen LogP) is 3.70.